The van der Waals surface area contributed by atoms with Crippen LogP contribution >= 0.6 is 0 Å². The molecule has 1 heterocycles. The first kappa shape index (κ1) is 17.6. The molecule has 8 nitrogen and oxygen atoms in total. The number of hydrogen-bond donors (Lipinski definition) is 4. The van der Waals surface area contributed by atoms with E-state index < -0.39 is 18.2 Å². The minimum absolute atomic E-state index is 0.0842. The highest BCUT2D eigenvalue weighted by Gasteiger charge is 2.27. The van der Waals surface area contributed by atoms with Crippen LogP contribution in [0, 0.1) is 5.92 Å². The average Bonchev–Trinajstić information content (AvgIpc) is 2.53. The van der Waals surface area contributed by atoms with Crippen LogP contribution in [0.4, 0.5) is 16.2 Å². The minimum Gasteiger partial charge on any atom is -0.479 e. The minimum atomic E-state index is -0.754. The molecule has 1 aliphatic rings. The Kier molecular flexibility index (Phi) is 5.28. The van der Waals surface area contributed by atoms with Gasteiger partial charge in [0.25, 0.3) is 5.91 Å². The first-order chi connectivity index (χ1) is 11.3. The van der Waals surface area contributed by atoms with Gasteiger partial charge in [0.1, 0.15) is 11.8 Å². The predicted octanol–water partition coefficient (Wildman–Crippen LogP) is 1.43. The summed E-state index contributed by atoms with van der Waals surface area (Å²) in [6.07, 6.45) is 0.136. The number of benzene rings is 1. The Balaban J connectivity index is 2.15. The normalized spacial score (nSPS) is 18.5. The van der Waals surface area contributed by atoms with Gasteiger partial charge in [-0.25, -0.2) is 4.79 Å². The molecule has 0 aromatic heterocycles. The van der Waals surface area contributed by atoms with E-state index in [4.69, 9.17) is 10.5 Å². The van der Waals surface area contributed by atoms with Gasteiger partial charge in [0, 0.05) is 5.69 Å². The summed E-state index contributed by atoms with van der Waals surface area (Å²) in [5, 5.41) is 7.89. The summed E-state index contributed by atoms with van der Waals surface area (Å²) in [4.78, 5) is 35.2. The number of primary amides is 1. The molecule has 1 aromatic rings. The number of nitrogens with two attached hydrogens (primary N) is 1. The number of carbonyl (C=O) groups is 3. The van der Waals surface area contributed by atoms with Gasteiger partial charge >= 0.3 is 6.03 Å². The molecule has 0 radical (unpaired) electrons. The molecule has 2 rings (SSSR count). The van der Waals surface area contributed by atoms with Gasteiger partial charge in [-0.15, -0.1) is 0 Å². The molecule has 0 aliphatic carbocycles. The maximum Gasteiger partial charge on any atom is 0.312 e. The van der Waals surface area contributed by atoms with Gasteiger partial charge in [0.05, 0.1) is 5.69 Å². The van der Waals surface area contributed by atoms with Gasteiger partial charge in [-0.1, -0.05) is 20.3 Å². The summed E-state index contributed by atoms with van der Waals surface area (Å²) in [5.74, 6) is -0.175. The zero-order chi connectivity index (χ0) is 17.9. The molecule has 1 aromatic carbocycles. The number of fused-ring (bicyclic) bond motifs is 1. The number of hydrogen-bond acceptors (Lipinski definition) is 4. The lowest BCUT2D eigenvalue weighted by Gasteiger charge is -2.25. The summed E-state index contributed by atoms with van der Waals surface area (Å²) in [6.45, 7) is 5.42. The van der Waals surface area contributed by atoms with Crippen LogP contribution in [0.15, 0.2) is 18.2 Å². The molecule has 0 unspecified atom stereocenters. The van der Waals surface area contributed by atoms with E-state index in [1.165, 1.54) is 0 Å². The van der Waals surface area contributed by atoms with Crippen molar-refractivity contribution in [3.05, 3.63) is 18.2 Å². The summed E-state index contributed by atoms with van der Waals surface area (Å²) in [6, 6.07) is 3.44. The molecule has 24 heavy (non-hydrogen) atoms. The van der Waals surface area contributed by atoms with Crippen LogP contribution in [0.25, 0.3) is 0 Å². The molecule has 5 N–H and O–H groups in total. The van der Waals surface area contributed by atoms with Crippen LogP contribution in [0.2, 0.25) is 0 Å². The number of carbonyl (C=O) groups excluding carboxylic acids is 3. The Morgan fingerprint density at radius 2 is 2.12 bits per heavy atom. The lowest BCUT2D eigenvalue weighted by Crippen LogP contribution is -2.49. The van der Waals surface area contributed by atoms with Crippen molar-refractivity contribution in [2.75, 3.05) is 10.6 Å². The quantitative estimate of drug-likeness (QED) is 0.650. The first-order valence-corrected chi connectivity index (χ1v) is 7.80. The SMILES string of the molecule is CC[C@H](C)[C@H](NC(N)=O)C(=O)Nc1ccc2c(c1)NC(=O)[C@H](C)O2. The third kappa shape index (κ3) is 3.95. The number of urea groups is 1. The monoisotopic (exact) mass is 334 g/mol. The molecule has 8 heteroatoms. The number of anilines is 2. The van der Waals surface area contributed by atoms with Gasteiger partial charge in [-0.05, 0) is 31.0 Å². The maximum atomic E-state index is 12.4. The van der Waals surface area contributed by atoms with Crippen molar-refractivity contribution in [1.82, 2.24) is 5.32 Å². The molecule has 0 saturated heterocycles. The van der Waals surface area contributed by atoms with Gasteiger partial charge < -0.3 is 26.4 Å². The number of nitrogens with one attached hydrogen (secondary N) is 3. The van der Waals surface area contributed by atoms with Crippen molar-refractivity contribution >= 4 is 29.2 Å². The molecule has 0 saturated carbocycles. The van der Waals surface area contributed by atoms with E-state index in [0.717, 1.165) is 0 Å². The Morgan fingerprint density at radius 1 is 1.42 bits per heavy atom. The van der Waals surface area contributed by atoms with E-state index >= 15 is 0 Å². The summed E-state index contributed by atoms with van der Waals surface area (Å²) in [5.41, 5.74) is 6.11. The van der Waals surface area contributed by atoms with Gasteiger partial charge in [-0.2, -0.15) is 0 Å². The topological polar surface area (TPSA) is 123 Å². The highest BCUT2D eigenvalue weighted by atomic mass is 16.5. The summed E-state index contributed by atoms with van der Waals surface area (Å²) in [7, 11) is 0. The Bertz CT molecular complexity index is 661. The van der Waals surface area contributed by atoms with Crippen molar-refractivity contribution in [3.63, 3.8) is 0 Å². The zero-order valence-electron chi connectivity index (χ0n) is 13.9. The zero-order valence-corrected chi connectivity index (χ0v) is 13.9. The van der Waals surface area contributed by atoms with E-state index in [1.807, 2.05) is 13.8 Å². The maximum absolute atomic E-state index is 12.4. The van der Waals surface area contributed by atoms with Crippen molar-refractivity contribution in [3.8, 4) is 5.75 Å². The molecule has 1 aliphatic heterocycles. The van der Waals surface area contributed by atoms with Crippen molar-refractivity contribution in [2.45, 2.75) is 39.3 Å². The molecule has 0 fully saturated rings. The standard InChI is InChI=1S/C16H22N4O4/c1-4-8(2)13(20-16(17)23)15(22)18-10-5-6-12-11(7-10)19-14(21)9(3)24-12/h5-9,13H,4H2,1-3H3,(H,18,22)(H,19,21)(H3,17,20,23)/t8-,9-,13-/m0/s1. The predicted molar refractivity (Wildman–Crippen MR) is 89.8 cm³/mol. The second-order valence-electron chi connectivity index (χ2n) is 5.82. The second kappa shape index (κ2) is 7.20. The number of amides is 4. The van der Waals surface area contributed by atoms with Gasteiger partial charge in [0.2, 0.25) is 5.91 Å². The first-order valence-electron chi connectivity index (χ1n) is 7.80. The largest absolute Gasteiger partial charge is 0.479 e. The van der Waals surface area contributed by atoms with Gasteiger partial charge in [0.15, 0.2) is 6.10 Å². The molecule has 0 bridgehead atoms. The number of ether oxygens (including phenoxy) is 1. The van der Waals surface area contributed by atoms with Crippen LogP contribution < -0.4 is 26.4 Å². The fraction of sp³-hybridized carbons (Fsp3) is 0.438. The third-order valence-electron chi connectivity index (χ3n) is 3.97. The molecule has 130 valence electrons. The van der Waals surface area contributed by atoms with Crippen molar-refractivity contribution in [2.24, 2.45) is 11.7 Å². The molecular weight excluding hydrogens is 312 g/mol. The van der Waals surface area contributed by atoms with E-state index in [0.29, 0.717) is 23.5 Å². The highest BCUT2D eigenvalue weighted by molar-refractivity contribution is 6.00. The van der Waals surface area contributed by atoms with Crippen molar-refractivity contribution in [1.29, 1.82) is 0 Å². The van der Waals surface area contributed by atoms with E-state index in [2.05, 4.69) is 16.0 Å². The van der Waals surface area contributed by atoms with E-state index in [1.54, 1.807) is 25.1 Å². The Morgan fingerprint density at radius 3 is 2.75 bits per heavy atom. The van der Waals surface area contributed by atoms with Crippen LogP contribution in [-0.2, 0) is 9.59 Å². The molecule has 4 amide bonds. The molecular formula is C16H22N4O4. The lowest BCUT2D eigenvalue weighted by atomic mass is 9.98. The van der Waals surface area contributed by atoms with E-state index in [9.17, 15) is 14.4 Å². The smallest absolute Gasteiger partial charge is 0.312 e. The van der Waals surface area contributed by atoms with Crippen LogP contribution in [0.3, 0.4) is 0 Å². The van der Waals surface area contributed by atoms with Gasteiger partial charge in [-0.3, -0.25) is 9.59 Å². The Hall–Kier alpha value is -2.77. The molecule has 0 spiro atoms. The summed E-state index contributed by atoms with van der Waals surface area (Å²) >= 11 is 0. The van der Waals surface area contributed by atoms with Crippen LogP contribution in [0.1, 0.15) is 27.2 Å². The highest BCUT2D eigenvalue weighted by Crippen LogP contribution is 2.32. The summed E-state index contributed by atoms with van der Waals surface area (Å²) < 4.78 is 5.46. The van der Waals surface area contributed by atoms with E-state index in [-0.39, 0.29) is 17.7 Å². The third-order valence-corrected chi connectivity index (χ3v) is 3.97. The van der Waals surface area contributed by atoms with Crippen LogP contribution in [0.5, 0.6) is 5.75 Å². The Labute approximate surface area is 140 Å². The fourth-order valence-corrected chi connectivity index (χ4v) is 2.36. The van der Waals surface area contributed by atoms with Crippen molar-refractivity contribution < 1.29 is 19.1 Å². The lowest BCUT2D eigenvalue weighted by molar-refractivity contribution is -0.122. The number of rotatable bonds is 5. The molecule has 3 atom stereocenters. The van der Waals surface area contributed by atoms with Crippen LogP contribution in [-0.4, -0.2) is 30.0 Å². The fourth-order valence-electron chi connectivity index (χ4n) is 2.36. The second-order valence-corrected chi connectivity index (χ2v) is 5.82. The average molecular weight is 334 g/mol.